The van der Waals surface area contributed by atoms with E-state index in [1.807, 2.05) is 6.92 Å². The van der Waals surface area contributed by atoms with Crippen LogP contribution in [0.15, 0.2) is 16.9 Å². The Bertz CT molecular complexity index is 423. The first-order valence-electron chi connectivity index (χ1n) is 4.55. The van der Waals surface area contributed by atoms with E-state index in [-0.39, 0.29) is 18.1 Å². The molecule has 0 radical (unpaired) electrons. The van der Waals surface area contributed by atoms with E-state index in [1.165, 1.54) is 0 Å². The molecule has 0 amide bonds. The molecule has 1 rings (SSSR count). The van der Waals surface area contributed by atoms with Crippen LogP contribution in [0.3, 0.4) is 0 Å². The lowest BCUT2D eigenvalue weighted by Gasteiger charge is -2.07. The summed E-state index contributed by atoms with van der Waals surface area (Å²) in [7, 11) is 1.55. The molecule has 3 N–H and O–H groups in total. The van der Waals surface area contributed by atoms with Crippen LogP contribution >= 0.6 is 0 Å². The Morgan fingerprint density at radius 1 is 1.67 bits per heavy atom. The van der Waals surface area contributed by atoms with E-state index in [1.54, 1.807) is 7.11 Å². The second-order valence-electron chi connectivity index (χ2n) is 3.44. The van der Waals surface area contributed by atoms with Crippen molar-refractivity contribution in [2.45, 2.75) is 20.0 Å². The number of methoxy groups -OCH3 is 1. The van der Waals surface area contributed by atoms with Crippen molar-refractivity contribution in [1.82, 2.24) is 9.97 Å². The lowest BCUT2D eigenvalue weighted by molar-refractivity contribution is 0.180. The van der Waals surface area contributed by atoms with Gasteiger partial charge in [-0.25, -0.2) is 4.98 Å². The fourth-order valence-electron chi connectivity index (χ4n) is 1.30. The highest BCUT2D eigenvalue weighted by molar-refractivity contribution is 5.27. The van der Waals surface area contributed by atoms with Crippen molar-refractivity contribution in [2.24, 2.45) is 0 Å². The number of hydrogen-bond donors (Lipinski definition) is 2. The highest BCUT2D eigenvalue weighted by atomic mass is 16.5. The number of nitrogens with one attached hydrogen (secondary N) is 1. The monoisotopic (exact) mass is 209 g/mol. The Labute approximate surface area is 88.0 Å². The van der Waals surface area contributed by atoms with E-state index in [0.717, 1.165) is 5.57 Å². The maximum Gasteiger partial charge on any atom is 0.256 e. The molecular weight excluding hydrogens is 194 g/mol. The predicted octanol–water partition coefficient (Wildman–Crippen LogP) is 0.617. The maximum atomic E-state index is 11.6. The molecule has 0 bridgehead atoms. The molecule has 0 atom stereocenters. The number of anilines is 1. The highest BCUT2D eigenvalue weighted by Crippen LogP contribution is 2.08. The Morgan fingerprint density at radius 3 is 2.87 bits per heavy atom. The number of ether oxygens (including phenoxy) is 1. The van der Waals surface area contributed by atoms with Gasteiger partial charge in [0.05, 0.1) is 12.3 Å². The molecule has 0 unspecified atom stereocenters. The van der Waals surface area contributed by atoms with Gasteiger partial charge in [0.1, 0.15) is 0 Å². The van der Waals surface area contributed by atoms with Gasteiger partial charge in [-0.15, -0.1) is 0 Å². The van der Waals surface area contributed by atoms with Crippen LogP contribution < -0.4 is 11.3 Å². The molecule has 5 heteroatoms. The third kappa shape index (κ3) is 2.92. The van der Waals surface area contributed by atoms with Gasteiger partial charge in [-0.3, -0.25) is 9.78 Å². The van der Waals surface area contributed by atoms with Crippen molar-refractivity contribution in [1.29, 1.82) is 0 Å². The number of rotatable bonds is 4. The highest BCUT2D eigenvalue weighted by Gasteiger charge is 2.10. The summed E-state index contributed by atoms with van der Waals surface area (Å²) in [5, 5.41) is 0. The molecule has 0 aliphatic carbocycles. The molecule has 1 aromatic heterocycles. The smallest absolute Gasteiger partial charge is 0.256 e. The third-order valence-corrected chi connectivity index (χ3v) is 1.88. The minimum atomic E-state index is -0.224. The van der Waals surface area contributed by atoms with Crippen molar-refractivity contribution >= 4 is 5.95 Å². The predicted molar refractivity (Wildman–Crippen MR) is 58.5 cm³/mol. The van der Waals surface area contributed by atoms with E-state index in [2.05, 4.69) is 16.5 Å². The summed E-state index contributed by atoms with van der Waals surface area (Å²) in [6.07, 6.45) is 0.487. The van der Waals surface area contributed by atoms with E-state index >= 15 is 0 Å². The minimum Gasteiger partial charge on any atom is -0.378 e. The quantitative estimate of drug-likeness (QED) is 0.712. The standard InChI is InChI=1S/C10H15N3O2/c1-6(2)4-7-8(5-15-3)12-10(11)13-9(7)14/h1,4-5H2,2-3H3,(H3,11,12,13,14). The summed E-state index contributed by atoms with van der Waals surface area (Å²) in [4.78, 5) is 18.1. The van der Waals surface area contributed by atoms with Crippen molar-refractivity contribution < 1.29 is 4.74 Å². The SMILES string of the molecule is C=C(C)Cc1c(COC)nc(N)[nH]c1=O. The van der Waals surface area contributed by atoms with Crippen LogP contribution in [-0.4, -0.2) is 17.1 Å². The summed E-state index contributed by atoms with van der Waals surface area (Å²) >= 11 is 0. The molecule has 0 saturated heterocycles. The molecule has 0 aliphatic heterocycles. The van der Waals surface area contributed by atoms with Crippen LogP contribution in [0.1, 0.15) is 18.2 Å². The maximum absolute atomic E-state index is 11.6. The largest absolute Gasteiger partial charge is 0.378 e. The van der Waals surface area contributed by atoms with Gasteiger partial charge in [0.15, 0.2) is 0 Å². The summed E-state index contributed by atoms with van der Waals surface area (Å²) in [6, 6.07) is 0. The number of nitrogen functional groups attached to an aromatic ring is 1. The number of H-pyrrole nitrogens is 1. The minimum absolute atomic E-state index is 0.109. The molecule has 0 fully saturated rings. The second-order valence-corrected chi connectivity index (χ2v) is 3.44. The van der Waals surface area contributed by atoms with Crippen LogP contribution in [0.5, 0.6) is 0 Å². The van der Waals surface area contributed by atoms with E-state index in [0.29, 0.717) is 17.7 Å². The molecule has 0 spiro atoms. The molecule has 5 nitrogen and oxygen atoms in total. The summed E-state index contributed by atoms with van der Waals surface area (Å²) < 4.78 is 4.96. The first-order valence-corrected chi connectivity index (χ1v) is 4.55. The summed E-state index contributed by atoms with van der Waals surface area (Å²) in [5.74, 6) is 0.109. The molecule has 0 aliphatic rings. The molecule has 82 valence electrons. The summed E-state index contributed by atoms with van der Waals surface area (Å²) in [5.41, 5.74) is 7.25. The fourth-order valence-corrected chi connectivity index (χ4v) is 1.30. The number of allylic oxidation sites excluding steroid dienone is 1. The van der Waals surface area contributed by atoms with Gasteiger partial charge in [-0.2, -0.15) is 0 Å². The molecule has 0 saturated carbocycles. The van der Waals surface area contributed by atoms with Gasteiger partial charge in [0, 0.05) is 19.1 Å². The van der Waals surface area contributed by atoms with E-state index in [4.69, 9.17) is 10.5 Å². The average Bonchev–Trinajstić information content (AvgIpc) is 2.11. The normalized spacial score (nSPS) is 10.3. The number of nitrogens with zero attached hydrogens (tertiary/aromatic N) is 1. The second kappa shape index (κ2) is 4.75. The topological polar surface area (TPSA) is 81.0 Å². The number of aromatic nitrogens is 2. The Morgan fingerprint density at radius 2 is 2.33 bits per heavy atom. The zero-order valence-electron chi connectivity index (χ0n) is 8.96. The average molecular weight is 209 g/mol. The Balaban J connectivity index is 3.20. The van der Waals surface area contributed by atoms with E-state index in [9.17, 15) is 4.79 Å². The van der Waals surface area contributed by atoms with Crippen LogP contribution in [0.4, 0.5) is 5.95 Å². The zero-order chi connectivity index (χ0) is 11.4. The lowest BCUT2D eigenvalue weighted by atomic mass is 10.1. The van der Waals surface area contributed by atoms with Gasteiger partial charge in [0.2, 0.25) is 5.95 Å². The van der Waals surface area contributed by atoms with Crippen LogP contribution in [-0.2, 0) is 17.8 Å². The van der Waals surface area contributed by atoms with Crippen molar-refractivity contribution in [3.8, 4) is 0 Å². The zero-order valence-corrected chi connectivity index (χ0v) is 8.96. The van der Waals surface area contributed by atoms with Crippen LogP contribution in [0.25, 0.3) is 0 Å². The number of hydrogen-bond acceptors (Lipinski definition) is 4. The van der Waals surface area contributed by atoms with Gasteiger partial charge < -0.3 is 10.5 Å². The fraction of sp³-hybridized carbons (Fsp3) is 0.400. The van der Waals surface area contributed by atoms with Gasteiger partial charge in [-0.1, -0.05) is 12.2 Å². The van der Waals surface area contributed by atoms with Crippen molar-refractivity contribution in [3.63, 3.8) is 0 Å². The third-order valence-electron chi connectivity index (χ3n) is 1.88. The first kappa shape index (κ1) is 11.5. The van der Waals surface area contributed by atoms with Gasteiger partial charge in [-0.05, 0) is 6.92 Å². The van der Waals surface area contributed by atoms with Crippen molar-refractivity contribution in [3.05, 3.63) is 33.8 Å². The van der Waals surface area contributed by atoms with Crippen molar-refractivity contribution in [2.75, 3.05) is 12.8 Å². The Kier molecular flexibility index (Phi) is 3.62. The van der Waals surface area contributed by atoms with Gasteiger partial charge >= 0.3 is 0 Å². The van der Waals surface area contributed by atoms with Gasteiger partial charge in [0.25, 0.3) is 5.56 Å². The molecule has 15 heavy (non-hydrogen) atoms. The number of aromatic amines is 1. The first-order chi connectivity index (χ1) is 7.04. The lowest BCUT2D eigenvalue weighted by Crippen LogP contribution is -2.20. The molecule has 1 heterocycles. The van der Waals surface area contributed by atoms with Crippen LogP contribution in [0.2, 0.25) is 0 Å². The van der Waals surface area contributed by atoms with E-state index < -0.39 is 0 Å². The molecule has 0 aromatic carbocycles. The molecule has 1 aromatic rings. The Hall–Kier alpha value is -1.62. The van der Waals surface area contributed by atoms with Crippen LogP contribution in [0, 0.1) is 0 Å². The molecular formula is C10H15N3O2. The number of nitrogens with two attached hydrogens (primary N) is 1. The summed E-state index contributed by atoms with van der Waals surface area (Å²) in [6.45, 7) is 5.89.